The van der Waals surface area contributed by atoms with Crippen molar-refractivity contribution in [3.8, 4) is 5.75 Å². The lowest BCUT2D eigenvalue weighted by atomic mass is 10.3. The van der Waals surface area contributed by atoms with Crippen molar-refractivity contribution < 1.29 is 14.1 Å². The van der Waals surface area contributed by atoms with E-state index in [1.807, 2.05) is 6.07 Å². The van der Waals surface area contributed by atoms with Gasteiger partial charge < -0.3 is 14.2 Å². The number of rotatable bonds is 5. The highest BCUT2D eigenvalue weighted by Crippen LogP contribution is 2.30. The van der Waals surface area contributed by atoms with E-state index < -0.39 is 6.10 Å². The Morgan fingerprint density at radius 1 is 1.55 bits per heavy atom. The fourth-order valence-electron chi connectivity index (χ4n) is 1.63. The number of hydrogen-bond acceptors (Lipinski definition) is 5. The first-order valence-electron chi connectivity index (χ1n) is 6.52. The Kier molecular flexibility index (Phi) is 5.42. The molecule has 2 aromatic rings. The molecule has 8 heteroatoms. The molecule has 0 aliphatic heterocycles. The standard InChI is InChI=1S/C14H15BrClN3O3/c1-8(21-12-5-4-10(15)6-11(12)16)14-17-13(22-18-14)7-19(3)9(2)20/h4-6,8H,7H2,1-3H3. The average molecular weight is 389 g/mol. The van der Waals surface area contributed by atoms with E-state index in [0.717, 1.165) is 4.47 Å². The van der Waals surface area contributed by atoms with Crippen LogP contribution in [0, 0.1) is 0 Å². The van der Waals surface area contributed by atoms with E-state index in [2.05, 4.69) is 26.1 Å². The molecule has 1 unspecified atom stereocenters. The summed E-state index contributed by atoms with van der Waals surface area (Å²) in [5.41, 5.74) is 0. The first kappa shape index (κ1) is 16.8. The number of amides is 1. The zero-order valence-corrected chi connectivity index (χ0v) is 14.7. The van der Waals surface area contributed by atoms with E-state index in [9.17, 15) is 4.79 Å². The summed E-state index contributed by atoms with van der Waals surface area (Å²) in [5.74, 6) is 1.20. The number of carbonyl (C=O) groups is 1. The Hall–Kier alpha value is -1.60. The minimum atomic E-state index is -0.432. The summed E-state index contributed by atoms with van der Waals surface area (Å²) < 4.78 is 11.7. The molecule has 1 amide bonds. The van der Waals surface area contributed by atoms with Crippen LogP contribution in [0.3, 0.4) is 0 Å². The maximum atomic E-state index is 11.2. The second-order valence-corrected chi connectivity index (χ2v) is 6.08. The molecular formula is C14H15BrClN3O3. The molecule has 0 N–H and O–H groups in total. The van der Waals surface area contributed by atoms with E-state index in [0.29, 0.717) is 22.5 Å². The molecule has 1 aromatic carbocycles. The third-order valence-electron chi connectivity index (χ3n) is 2.96. The Labute approximate surface area is 141 Å². The molecule has 1 heterocycles. The summed E-state index contributed by atoms with van der Waals surface area (Å²) in [7, 11) is 1.66. The second-order valence-electron chi connectivity index (χ2n) is 4.76. The quantitative estimate of drug-likeness (QED) is 0.783. The normalized spacial score (nSPS) is 12.0. The molecule has 2 rings (SSSR count). The highest BCUT2D eigenvalue weighted by atomic mass is 79.9. The predicted molar refractivity (Wildman–Crippen MR) is 84.6 cm³/mol. The number of hydrogen-bond donors (Lipinski definition) is 0. The topological polar surface area (TPSA) is 68.5 Å². The van der Waals surface area contributed by atoms with Crippen molar-refractivity contribution in [3.05, 3.63) is 39.4 Å². The van der Waals surface area contributed by atoms with E-state index in [4.69, 9.17) is 20.9 Å². The van der Waals surface area contributed by atoms with Crippen LogP contribution in [-0.4, -0.2) is 28.0 Å². The molecule has 118 valence electrons. The fraction of sp³-hybridized carbons (Fsp3) is 0.357. The summed E-state index contributed by atoms with van der Waals surface area (Å²) in [5, 5.41) is 4.36. The third kappa shape index (κ3) is 4.20. The van der Waals surface area contributed by atoms with Crippen LogP contribution in [0.2, 0.25) is 5.02 Å². The van der Waals surface area contributed by atoms with Crippen LogP contribution in [0.5, 0.6) is 5.75 Å². The summed E-state index contributed by atoms with van der Waals surface area (Å²) in [6.07, 6.45) is -0.432. The summed E-state index contributed by atoms with van der Waals surface area (Å²) in [6, 6.07) is 5.33. The third-order valence-corrected chi connectivity index (χ3v) is 3.74. The minimum absolute atomic E-state index is 0.0781. The first-order chi connectivity index (χ1) is 10.4. The molecule has 0 bridgehead atoms. The van der Waals surface area contributed by atoms with Gasteiger partial charge in [0, 0.05) is 18.4 Å². The van der Waals surface area contributed by atoms with Crippen LogP contribution < -0.4 is 4.74 Å². The van der Waals surface area contributed by atoms with Crippen LogP contribution in [0.1, 0.15) is 31.7 Å². The molecule has 0 fully saturated rings. The lowest BCUT2D eigenvalue weighted by molar-refractivity contribution is -0.128. The molecule has 1 aromatic heterocycles. The van der Waals surface area contributed by atoms with Gasteiger partial charge in [0.2, 0.25) is 17.6 Å². The van der Waals surface area contributed by atoms with Crippen molar-refractivity contribution in [1.29, 1.82) is 0 Å². The number of nitrogens with zero attached hydrogens (tertiary/aromatic N) is 3. The second kappa shape index (κ2) is 7.11. The molecule has 1 atom stereocenters. The maximum absolute atomic E-state index is 11.2. The molecule has 0 aliphatic rings. The number of carbonyl (C=O) groups excluding carboxylic acids is 1. The Bertz CT molecular complexity index is 677. The smallest absolute Gasteiger partial charge is 0.246 e. The molecular weight excluding hydrogens is 374 g/mol. The SMILES string of the molecule is CC(=O)N(C)Cc1nc(C(C)Oc2ccc(Br)cc2Cl)no1. The van der Waals surface area contributed by atoms with Gasteiger partial charge in [0.15, 0.2) is 6.10 Å². The highest BCUT2D eigenvalue weighted by Gasteiger charge is 2.18. The lowest BCUT2D eigenvalue weighted by Crippen LogP contribution is -2.23. The highest BCUT2D eigenvalue weighted by molar-refractivity contribution is 9.10. The molecule has 0 spiro atoms. The average Bonchev–Trinajstić information content (AvgIpc) is 2.90. The predicted octanol–water partition coefficient (Wildman–Crippen LogP) is 3.60. The molecule has 0 aliphatic carbocycles. The Balaban J connectivity index is 2.05. The summed E-state index contributed by atoms with van der Waals surface area (Å²) in [4.78, 5) is 16.9. The van der Waals surface area contributed by atoms with Gasteiger partial charge in [0.1, 0.15) is 5.75 Å². The number of benzene rings is 1. The fourth-order valence-corrected chi connectivity index (χ4v) is 2.34. The van der Waals surface area contributed by atoms with Gasteiger partial charge in [-0.05, 0) is 25.1 Å². The maximum Gasteiger partial charge on any atom is 0.246 e. The largest absolute Gasteiger partial charge is 0.481 e. The zero-order chi connectivity index (χ0) is 16.3. The first-order valence-corrected chi connectivity index (χ1v) is 7.70. The van der Waals surface area contributed by atoms with Crippen LogP contribution in [0.4, 0.5) is 0 Å². The summed E-state index contributed by atoms with van der Waals surface area (Å²) in [6.45, 7) is 3.52. The van der Waals surface area contributed by atoms with E-state index in [1.165, 1.54) is 11.8 Å². The van der Waals surface area contributed by atoms with Crippen molar-refractivity contribution in [2.75, 3.05) is 7.05 Å². The van der Waals surface area contributed by atoms with Crippen molar-refractivity contribution in [2.45, 2.75) is 26.5 Å². The van der Waals surface area contributed by atoms with Gasteiger partial charge in [-0.3, -0.25) is 4.79 Å². The minimum Gasteiger partial charge on any atom is -0.481 e. The Morgan fingerprint density at radius 3 is 2.91 bits per heavy atom. The molecule has 22 heavy (non-hydrogen) atoms. The van der Waals surface area contributed by atoms with E-state index in [1.54, 1.807) is 26.1 Å². The number of halogens is 2. The van der Waals surface area contributed by atoms with E-state index >= 15 is 0 Å². The van der Waals surface area contributed by atoms with Gasteiger partial charge in [-0.1, -0.05) is 32.7 Å². The van der Waals surface area contributed by atoms with Crippen molar-refractivity contribution in [3.63, 3.8) is 0 Å². The Morgan fingerprint density at radius 2 is 2.27 bits per heavy atom. The van der Waals surface area contributed by atoms with Crippen LogP contribution >= 0.6 is 27.5 Å². The van der Waals surface area contributed by atoms with Gasteiger partial charge in [-0.2, -0.15) is 4.98 Å². The lowest BCUT2D eigenvalue weighted by Gasteiger charge is -2.12. The van der Waals surface area contributed by atoms with Crippen molar-refractivity contribution in [2.24, 2.45) is 0 Å². The van der Waals surface area contributed by atoms with Crippen LogP contribution in [0.25, 0.3) is 0 Å². The van der Waals surface area contributed by atoms with Crippen LogP contribution in [-0.2, 0) is 11.3 Å². The summed E-state index contributed by atoms with van der Waals surface area (Å²) >= 11 is 9.44. The number of ether oxygens (including phenoxy) is 1. The van der Waals surface area contributed by atoms with E-state index in [-0.39, 0.29) is 12.5 Å². The molecule has 0 saturated heterocycles. The molecule has 6 nitrogen and oxygen atoms in total. The van der Waals surface area contributed by atoms with Crippen molar-refractivity contribution >= 4 is 33.4 Å². The van der Waals surface area contributed by atoms with Gasteiger partial charge >= 0.3 is 0 Å². The van der Waals surface area contributed by atoms with Crippen LogP contribution in [0.15, 0.2) is 27.2 Å². The molecule has 0 radical (unpaired) electrons. The van der Waals surface area contributed by atoms with Gasteiger partial charge in [-0.25, -0.2) is 0 Å². The monoisotopic (exact) mass is 387 g/mol. The number of aromatic nitrogens is 2. The molecule has 0 saturated carbocycles. The van der Waals surface area contributed by atoms with Crippen molar-refractivity contribution in [1.82, 2.24) is 15.0 Å². The van der Waals surface area contributed by atoms with Gasteiger partial charge in [0.25, 0.3) is 0 Å². The zero-order valence-electron chi connectivity index (χ0n) is 12.3. The van der Waals surface area contributed by atoms with Gasteiger partial charge in [0.05, 0.1) is 11.6 Å². The van der Waals surface area contributed by atoms with Gasteiger partial charge in [-0.15, -0.1) is 0 Å².